The number of amides is 1. The van der Waals surface area contributed by atoms with Crippen LogP contribution >= 0.6 is 11.3 Å². The summed E-state index contributed by atoms with van der Waals surface area (Å²) in [5.41, 5.74) is 5.90. The van der Waals surface area contributed by atoms with Gasteiger partial charge in [-0.1, -0.05) is 11.3 Å². The molecule has 4 heterocycles. The lowest BCUT2D eigenvalue weighted by atomic mass is 10.1. The first kappa shape index (κ1) is 16.9. The van der Waals surface area contributed by atoms with Crippen molar-refractivity contribution in [1.82, 2.24) is 25.1 Å². The lowest BCUT2D eigenvalue weighted by Crippen LogP contribution is -2.31. The van der Waals surface area contributed by atoms with Crippen LogP contribution in [0.4, 0.5) is 5.69 Å². The van der Waals surface area contributed by atoms with Crippen molar-refractivity contribution in [3.05, 3.63) is 47.5 Å². The van der Waals surface area contributed by atoms with Gasteiger partial charge in [-0.3, -0.25) is 4.79 Å². The van der Waals surface area contributed by atoms with Gasteiger partial charge in [0.1, 0.15) is 17.6 Å². The molecule has 0 saturated carbocycles. The van der Waals surface area contributed by atoms with Gasteiger partial charge in [0.05, 0.1) is 23.9 Å². The first-order valence-electron chi connectivity index (χ1n) is 8.21. The smallest absolute Gasteiger partial charge is 0.241 e. The van der Waals surface area contributed by atoms with Gasteiger partial charge in [0.25, 0.3) is 0 Å². The summed E-state index contributed by atoms with van der Waals surface area (Å²) >= 11 is 1.43. The lowest BCUT2D eigenvalue weighted by molar-refractivity contribution is -0.127. The molecule has 134 valence electrons. The van der Waals surface area contributed by atoms with Gasteiger partial charge in [-0.25, -0.2) is 4.98 Å². The second kappa shape index (κ2) is 7.01. The molecule has 0 aliphatic carbocycles. The van der Waals surface area contributed by atoms with Crippen molar-refractivity contribution in [1.29, 1.82) is 5.26 Å². The molecular weight excluding hydrogens is 362 g/mol. The van der Waals surface area contributed by atoms with Crippen LogP contribution in [0.2, 0.25) is 0 Å². The minimum Gasteiger partial charge on any atom is -0.356 e. The number of nitriles is 1. The van der Waals surface area contributed by atoms with Crippen molar-refractivity contribution in [2.75, 3.05) is 11.9 Å². The molecule has 9 heteroatoms. The van der Waals surface area contributed by atoms with E-state index >= 15 is 0 Å². The zero-order valence-corrected chi connectivity index (χ0v) is 15.2. The number of allylic oxidation sites excluding steroid dienone is 2. The SMILES string of the molecule is CC1=CN(C(=O)CC#N)CC(Nc2c(-c3nncs3)cnc3[nH]ccc23)=C1. The molecule has 0 radical (unpaired) electrons. The Kier molecular flexibility index (Phi) is 4.40. The Morgan fingerprint density at radius 1 is 1.52 bits per heavy atom. The van der Waals surface area contributed by atoms with Gasteiger partial charge in [0.2, 0.25) is 5.91 Å². The van der Waals surface area contributed by atoms with E-state index in [-0.39, 0.29) is 12.3 Å². The average molecular weight is 377 g/mol. The Morgan fingerprint density at radius 3 is 3.19 bits per heavy atom. The highest BCUT2D eigenvalue weighted by Crippen LogP contribution is 2.35. The van der Waals surface area contributed by atoms with E-state index in [1.807, 2.05) is 31.3 Å². The average Bonchev–Trinajstić information content (AvgIpc) is 3.33. The van der Waals surface area contributed by atoms with E-state index in [4.69, 9.17) is 5.26 Å². The van der Waals surface area contributed by atoms with Gasteiger partial charge in [-0.15, -0.1) is 10.2 Å². The van der Waals surface area contributed by atoms with E-state index in [1.54, 1.807) is 22.8 Å². The van der Waals surface area contributed by atoms with Crippen LogP contribution in [-0.2, 0) is 4.79 Å². The van der Waals surface area contributed by atoms with Crippen LogP contribution in [0.3, 0.4) is 0 Å². The second-order valence-electron chi connectivity index (χ2n) is 6.05. The molecule has 4 rings (SSSR count). The van der Waals surface area contributed by atoms with E-state index in [0.717, 1.165) is 38.6 Å². The number of aromatic nitrogens is 4. The molecule has 0 atom stereocenters. The highest BCUT2D eigenvalue weighted by atomic mass is 32.1. The molecular formula is C18H15N7OS. The Bertz CT molecular complexity index is 1100. The number of rotatable bonds is 4. The standard InChI is InChI=1S/C18H15N7OS/c1-11-6-12(9-25(8-11)15(26)2-4-19)23-16-13-3-5-20-17(13)21-7-14(16)18-24-22-10-27-18/h3,5-8,10H,2,9H2,1H3,(H2,20,21,23). The maximum atomic E-state index is 12.1. The largest absolute Gasteiger partial charge is 0.356 e. The van der Waals surface area contributed by atoms with Crippen molar-refractivity contribution in [3.8, 4) is 16.6 Å². The fourth-order valence-electron chi connectivity index (χ4n) is 2.99. The number of carbonyl (C=O) groups is 1. The molecule has 0 spiro atoms. The van der Waals surface area contributed by atoms with Crippen molar-refractivity contribution in [2.24, 2.45) is 0 Å². The van der Waals surface area contributed by atoms with Crippen molar-refractivity contribution >= 4 is 34.0 Å². The predicted octanol–water partition coefficient (Wildman–Crippen LogP) is 3.04. The normalized spacial score (nSPS) is 13.9. The molecule has 2 N–H and O–H groups in total. The second-order valence-corrected chi connectivity index (χ2v) is 6.89. The monoisotopic (exact) mass is 377 g/mol. The van der Waals surface area contributed by atoms with Gasteiger partial charge in [-0.2, -0.15) is 5.26 Å². The van der Waals surface area contributed by atoms with Crippen LogP contribution in [0.15, 0.2) is 47.5 Å². The number of anilines is 1. The molecule has 8 nitrogen and oxygen atoms in total. The van der Waals surface area contributed by atoms with Crippen molar-refractivity contribution in [3.63, 3.8) is 0 Å². The lowest BCUT2D eigenvalue weighted by Gasteiger charge is -2.25. The summed E-state index contributed by atoms with van der Waals surface area (Å²) in [6.45, 7) is 2.28. The molecule has 1 aliphatic rings. The maximum absolute atomic E-state index is 12.1. The number of carbonyl (C=O) groups excluding carboxylic acids is 1. The molecule has 3 aromatic heterocycles. The predicted molar refractivity (Wildman–Crippen MR) is 102 cm³/mol. The summed E-state index contributed by atoms with van der Waals surface area (Å²) in [6, 6.07) is 3.85. The molecule has 0 fully saturated rings. The number of pyridine rings is 1. The molecule has 0 aromatic carbocycles. The van der Waals surface area contributed by atoms with E-state index < -0.39 is 0 Å². The number of hydrogen-bond acceptors (Lipinski definition) is 7. The van der Waals surface area contributed by atoms with Crippen LogP contribution in [0.25, 0.3) is 21.6 Å². The van der Waals surface area contributed by atoms with E-state index in [9.17, 15) is 4.79 Å². The van der Waals surface area contributed by atoms with Crippen LogP contribution in [0, 0.1) is 11.3 Å². The van der Waals surface area contributed by atoms with Gasteiger partial charge in [-0.05, 0) is 24.6 Å². The minimum absolute atomic E-state index is 0.148. The number of nitrogens with zero attached hydrogens (tertiary/aromatic N) is 5. The van der Waals surface area contributed by atoms with Gasteiger partial charge in [0.15, 0.2) is 5.01 Å². The maximum Gasteiger partial charge on any atom is 0.241 e. The number of hydrogen-bond donors (Lipinski definition) is 2. The number of H-pyrrole nitrogens is 1. The Hall–Kier alpha value is -3.51. The molecule has 1 aliphatic heterocycles. The van der Waals surface area contributed by atoms with E-state index in [2.05, 4.69) is 25.5 Å². The summed E-state index contributed by atoms with van der Waals surface area (Å²) in [5.74, 6) is -0.227. The third-order valence-corrected chi connectivity index (χ3v) is 4.84. The van der Waals surface area contributed by atoms with Crippen LogP contribution < -0.4 is 5.32 Å². The van der Waals surface area contributed by atoms with Gasteiger partial charge >= 0.3 is 0 Å². The van der Waals surface area contributed by atoms with Crippen LogP contribution in [0.1, 0.15) is 13.3 Å². The molecule has 0 unspecified atom stereocenters. The molecule has 0 saturated heterocycles. The van der Waals surface area contributed by atoms with Crippen LogP contribution in [0.5, 0.6) is 0 Å². The minimum atomic E-state index is -0.227. The highest BCUT2D eigenvalue weighted by molar-refractivity contribution is 7.12. The van der Waals surface area contributed by atoms with Crippen LogP contribution in [-0.4, -0.2) is 37.5 Å². The Morgan fingerprint density at radius 2 is 2.41 bits per heavy atom. The zero-order valence-electron chi connectivity index (χ0n) is 14.4. The van der Waals surface area contributed by atoms with Gasteiger partial charge < -0.3 is 15.2 Å². The summed E-state index contributed by atoms with van der Waals surface area (Å²) in [5, 5.41) is 22.0. The molecule has 1 amide bonds. The summed E-state index contributed by atoms with van der Waals surface area (Å²) in [7, 11) is 0. The van der Waals surface area contributed by atoms with E-state index in [0.29, 0.717) is 6.54 Å². The van der Waals surface area contributed by atoms with Crippen molar-refractivity contribution < 1.29 is 4.79 Å². The third kappa shape index (κ3) is 3.30. The fraction of sp³-hybridized carbons (Fsp3) is 0.167. The number of aromatic amines is 1. The van der Waals surface area contributed by atoms with Gasteiger partial charge in [0, 0.05) is 29.7 Å². The Labute approximate surface area is 158 Å². The summed E-state index contributed by atoms with van der Waals surface area (Å²) in [6.07, 6.45) is 7.18. The highest BCUT2D eigenvalue weighted by Gasteiger charge is 2.20. The third-order valence-electron chi connectivity index (χ3n) is 4.12. The molecule has 27 heavy (non-hydrogen) atoms. The number of nitrogens with one attached hydrogen (secondary N) is 2. The zero-order chi connectivity index (χ0) is 18.8. The molecule has 3 aromatic rings. The molecule has 0 bridgehead atoms. The Balaban J connectivity index is 1.72. The summed E-state index contributed by atoms with van der Waals surface area (Å²) < 4.78 is 0. The quantitative estimate of drug-likeness (QED) is 0.723. The fourth-order valence-corrected chi connectivity index (χ4v) is 3.56. The first-order chi connectivity index (χ1) is 13.2. The first-order valence-corrected chi connectivity index (χ1v) is 9.08. The topological polar surface area (TPSA) is 111 Å². The van der Waals surface area contributed by atoms with Crippen molar-refractivity contribution in [2.45, 2.75) is 13.3 Å². The van der Waals surface area contributed by atoms with E-state index in [1.165, 1.54) is 11.3 Å². The summed E-state index contributed by atoms with van der Waals surface area (Å²) in [4.78, 5) is 21.2. The number of fused-ring (bicyclic) bond motifs is 1.